The molecule has 0 heterocycles. The third kappa shape index (κ3) is 4.44. The van der Waals surface area contributed by atoms with E-state index in [0.29, 0.717) is 0 Å². The number of carbonyl (C=O) groups is 1. The Kier molecular flexibility index (Phi) is 8.79. The number of carbonyl (C=O) groups excluding carboxylic acids is 1. The molecule has 0 bridgehead atoms. The van der Waals surface area contributed by atoms with Crippen LogP contribution in [0.5, 0.6) is 0 Å². The van der Waals surface area contributed by atoms with E-state index in [2.05, 4.69) is 4.90 Å². The van der Waals surface area contributed by atoms with Crippen molar-refractivity contribution in [3.05, 3.63) is 71.8 Å². The van der Waals surface area contributed by atoms with Gasteiger partial charge in [-0.1, -0.05) is 74.5 Å². The van der Waals surface area contributed by atoms with E-state index in [0.717, 1.165) is 24.2 Å². The van der Waals surface area contributed by atoms with Crippen molar-refractivity contribution in [2.45, 2.75) is 32.4 Å². The fourth-order valence-corrected chi connectivity index (χ4v) is 3.16. The number of nitrogens with zero attached hydrogens (tertiary/aromatic N) is 1. The lowest BCUT2D eigenvalue weighted by atomic mass is 9.75. The maximum absolute atomic E-state index is 13.2. The van der Waals surface area contributed by atoms with E-state index < -0.39 is 11.4 Å². The van der Waals surface area contributed by atoms with Crippen LogP contribution in [-0.2, 0) is 14.9 Å². The van der Waals surface area contributed by atoms with Crippen molar-refractivity contribution in [2.75, 3.05) is 19.7 Å². The van der Waals surface area contributed by atoms with Gasteiger partial charge < -0.3 is 9.84 Å². The number of esters is 1. The van der Waals surface area contributed by atoms with Crippen molar-refractivity contribution >= 4 is 18.4 Å². The molecule has 0 aliphatic heterocycles. The quantitative estimate of drug-likeness (QED) is 0.564. The van der Waals surface area contributed by atoms with Crippen molar-refractivity contribution in [1.29, 1.82) is 0 Å². The van der Waals surface area contributed by atoms with E-state index in [9.17, 15) is 9.90 Å². The van der Waals surface area contributed by atoms with Crippen LogP contribution in [-0.4, -0.2) is 41.9 Å². The van der Waals surface area contributed by atoms with Crippen LogP contribution in [0.15, 0.2) is 60.7 Å². The lowest BCUT2D eigenvalue weighted by Gasteiger charge is -2.34. The molecule has 0 saturated heterocycles. The first-order valence-electron chi connectivity index (χ1n) is 8.77. The van der Waals surface area contributed by atoms with Gasteiger partial charge in [0.05, 0.1) is 6.61 Å². The second-order valence-corrected chi connectivity index (χ2v) is 6.02. The molecule has 2 rings (SSSR count). The minimum atomic E-state index is -1.23. The highest BCUT2D eigenvalue weighted by Crippen LogP contribution is 2.34. The lowest BCUT2D eigenvalue weighted by Crippen LogP contribution is -2.46. The maximum Gasteiger partial charge on any atom is 0.325 e. The van der Waals surface area contributed by atoms with Gasteiger partial charge in [0, 0.05) is 0 Å². The summed E-state index contributed by atoms with van der Waals surface area (Å²) in [6.45, 7) is 7.14. The number of hydrogen-bond donors (Lipinski definition) is 1. The van der Waals surface area contributed by atoms with E-state index in [1.807, 2.05) is 81.4 Å². The smallest absolute Gasteiger partial charge is 0.325 e. The minimum Gasteiger partial charge on any atom is -0.446 e. The molecule has 1 N–H and O–H groups in total. The number of aliphatic hydroxyl groups is 1. The molecule has 0 fully saturated rings. The van der Waals surface area contributed by atoms with Crippen molar-refractivity contribution in [1.82, 2.24) is 4.90 Å². The molecule has 4 nitrogen and oxygen atoms in total. The molecule has 0 saturated carbocycles. The van der Waals surface area contributed by atoms with E-state index in [4.69, 9.17) is 4.74 Å². The Morgan fingerprint density at radius 2 is 1.42 bits per heavy atom. The molecule has 1 unspecified atom stereocenters. The normalized spacial score (nSPS) is 12.3. The van der Waals surface area contributed by atoms with Crippen molar-refractivity contribution in [3.63, 3.8) is 0 Å². The summed E-state index contributed by atoms with van der Waals surface area (Å²) < 4.78 is 5.79. The third-order valence-corrected chi connectivity index (χ3v) is 4.72. The number of aliphatic hydroxyl groups excluding tert-OH is 1. The SMILES string of the molecule is CCN(CC)C(C)OC(=O)C(CO)(c1ccccc1)c1ccccc1.Cl. The summed E-state index contributed by atoms with van der Waals surface area (Å²) in [5.41, 5.74) is 0.213. The van der Waals surface area contributed by atoms with Gasteiger partial charge in [0.2, 0.25) is 0 Å². The summed E-state index contributed by atoms with van der Waals surface area (Å²) in [5, 5.41) is 10.3. The first kappa shape index (κ1) is 22.2. The molecule has 1 atom stereocenters. The molecule has 0 amide bonds. The number of ether oxygens (including phenoxy) is 1. The average Bonchev–Trinajstić information content (AvgIpc) is 2.65. The van der Waals surface area contributed by atoms with Gasteiger partial charge in [-0.15, -0.1) is 12.4 Å². The van der Waals surface area contributed by atoms with Crippen molar-refractivity contribution in [2.24, 2.45) is 0 Å². The van der Waals surface area contributed by atoms with Gasteiger partial charge in [0.15, 0.2) is 6.23 Å². The molecule has 5 heteroatoms. The van der Waals surface area contributed by atoms with Gasteiger partial charge in [-0.25, -0.2) is 0 Å². The van der Waals surface area contributed by atoms with Crippen LogP contribution < -0.4 is 0 Å². The van der Waals surface area contributed by atoms with Crippen LogP contribution in [0.3, 0.4) is 0 Å². The highest BCUT2D eigenvalue weighted by Gasteiger charge is 2.44. The molecular weight excluding hydrogens is 350 g/mol. The standard InChI is InChI=1S/C21H27NO3.ClH/c1-4-22(5-2)17(3)25-20(24)21(16-23,18-12-8-6-9-13-18)19-14-10-7-11-15-19;/h6-15,17,23H,4-5,16H2,1-3H3;1H. The molecule has 2 aromatic rings. The molecule has 142 valence electrons. The number of halogens is 1. The van der Waals surface area contributed by atoms with Gasteiger partial charge in [-0.2, -0.15) is 0 Å². The van der Waals surface area contributed by atoms with Crippen LogP contribution >= 0.6 is 12.4 Å². The molecule has 26 heavy (non-hydrogen) atoms. The van der Waals surface area contributed by atoms with E-state index in [1.54, 1.807) is 0 Å². The summed E-state index contributed by atoms with van der Waals surface area (Å²) in [7, 11) is 0. The topological polar surface area (TPSA) is 49.8 Å². The van der Waals surface area contributed by atoms with Crippen molar-refractivity contribution < 1.29 is 14.6 Å². The minimum absolute atomic E-state index is 0. The summed E-state index contributed by atoms with van der Waals surface area (Å²) in [5.74, 6) is -0.438. The van der Waals surface area contributed by atoms with Gasteiger partial charge in [-0.3, -0.25) is 9.69 Å². The maximum atomic E-state index is 13.2. The Bertz CT molecular complexity index is 620. The first-order valence-corrected chi connectivity index (χ1v) is 8.77. The number of benzene rings is 2. The zero-order valence-electron chi connectivity index (χ0n) is 15.6. The third-order valence-electron chi connectivity index (χ3n) is 4.72. The lowest BCUT2D eigenvalue weighted by molar-refractivity contribution is -0.164. The molecule has 0 radical (unpaired) electrons. The van der Waals surface area contributed by atoms with E-state index in [-0.39, 0.29) is 25.2 Å². The zero-order valence-corrected chi connectivity index (χ0v) is 16.4. The van der Waals surface area contributed by atoms with Crippen LogP contribution in [0.2, 0.25) is 0 Å². The highest BCUT2D eigenvalue weighted by atomic mass is 35.5. The Balaban J connectivity index is 0.00000338. The predicted octanol–water partition coefficient (Wildman–Crippen LogP) is 3.62. The van der Waals surface area contributed by atoms with E-state index in [1.165, 1.54) is 0 Å². The molecular formula is C21H28ClNO3. The fraction of sp³-hybridized carbons (Fsp3) is 0.381. The largest absolute Gasteiger partial charge is 0.446 e. The summed E-state index contributed by atoms with van der Waals surface area (Å²) >= 11 is 0. The molecule has 2 aromatic carbocycles. The Hall–Kier alpha value is -1.88. The Morgan fingerprint density at radius 1 is 1.00 bits per heavy atom. The molecule has 0 aliphatic rings. The van der Waals surface area contributed by atoms with Gasteiger partial charge in [-0.05, 0) is 31.1 Å². The Morgan fingerprint density at radius 3 is 1.77 bits per heavy atom. The summed E-state index contributed by atoms with van der Waals surface area (Å²) in [4.78, 5) is 15.3. The van der Waals surface area contributed by atoms with Crippen molar-refractivity contribution in [3.8, 4) is 0 Å². The second-order valence-electron chi connectivity index (χ2n) is 6.02. The first-order chi connectivity index (χ1) is 12.1. The van der Waals surface area contributed by atoms with Gasteiger partial charge in [0.1, 0.15) is 5.41 Å². The zero-order chi connectivity index (χ0) is 18.3. The monoisotopic (exact) mass is 377 g/mol. The molecule has 0 spiro atoms. The molecule has 0 aromatic heterocycles. The Labute approximate surface area is 162 Å². The summed E-state index contributed by atoms with van der Waals surface area (Å²) in [6.07, 6.45) is -0.360. The number of hydrogen-bond acceptors (Lipinski definition) is 4. The molecule has 0 aliphatic carbocycles. The van der Waals surface area contributed by atoms with E-state index >= 15 is 0 Å². The van der Waals surface area contributed by atoms with Gasteiger partial charge in [0.25, 0.3) is 0 Å². The second kappa shape index (κ2) is 10.3. The predicted molar refractivity (Wildman–Crippen MR) is 106 cm³/mol. The number of rotatable bonds is 8. The van der Waals surface area contributed by atoms with Crippen LogP contribution in [0.4, 0.5) is 0 Å². The van der Waals surface area contributed by atoms with Crippen LogP contribution in [0.1, 0.15) is 31.9 Å². The van der Waals surface area contributed by atoms with Crippen LogP contribution in [0, 0.1) is 0 Å². The average molecular weight is 378 g/mol. The summed E-state index contributed by atoms with van der Waals surface area (Å²) in [6, 6.07) is 18.7. The van der Waals surface area contributed by atoms with Crippen LogP contribution in [0.25, 0.3) is 0 Å². The van der Waals surface area contributed by atoms with Gasteiger partial charge >= 0.3 is 5.97 Å². The highest BCUT2D eigenvalue weighted by molar-refractivity contribution is 5.88. The fourth-order valence-electron chi connectivity index (χ4n) is 3.16.